The molecule has 0 saturated carbocycles. The van der Waals surface area contributed by atoms with Gasteiger partial charge in [0.25, 0.3) is 0 Å². The molecule has 0 aliphatic carbocycles. The second-order valence-corrected chi connectivity index (χ2v) is 4.60. The summed E-state index contributed by atoms with van der Waals surface area (Å²) < 4.78 is 36.9. The molecule has 1 N–H and O–H groups in total. The topological polar surface area (TPSA) is 58.1 Å². The number of halogens is 3. The third-order valence-electron chi connectivity index (χ3n) is 3.08. The molecule has 0 atom stereocenters. The average molecular weight is 288 g/mol. The van der Waals surface area contributed by atoms with Crippen molar-refractivity contribution >= 4 is 11.7 Å². The maximum atomic E-state index is 12.3. The first-order valence-corrected chi connectivity index (χ1v) is 6.39. The smallest absolute Gasteiger partial charge is 0.360 e. The van der Waals surface area contributed by atoms with Crippen molar-refractivity contribution in [3.05, 3.63) is 17.8 Å². The lowest BCUT2D eigenvalue weighted by Crippen LogP contribution is -2.39. The molecule has 1 aromatic heterocycles. The Balaban J connectivity index is 1.86. The van der Waals surface area contributed by atoms with E-state index in [1.165, 1.54) is 6.07 Å². The number of nitrogens with one attached hydrogen (secondary N) is 1. The minimum atomic E-state index is -4.50. The van der Waals surface area contributed by atoms with Crippen LogP contribution in [0.15, 0.2) is 12.1 Å². The van der Waals surface area contributed by atoms with Gasteiger partial charge >= 0.3 is 6.18 Å². The Hall–Kier alpha value is -1.86. The summed E-state index contributed by atoms with van der Waals surface area (Å²) in [5, 5.41) is 9.18. The van der Waals surface area contributed by atoms with Crippen molar-refractivity contribution in [2.24, 2.45) is 0 Å². The highest BCUT2D eigenvalue weighted by Crippen LogP contribution is 2.27. The zero-order valence-electron chi connectivity index (χ0n) is 10.8. The van der Waals surface area contributed by atoms with Gasteiger partial charge in [-0.25, -0.2) is 0 Å². The first-order valence-electron chi connectivity index (χ1n) is 6.39. The lowest BCUT2D eigenvalue weighted by atomic mass is 10.1. The van der Waals surface area contributed by atoms with E-state index in [-0.39, 0.29) is 18.3 Å². The van der Waals surface area contributed by atoms with E-state index in [0.717, 1.165) is 38.4 Å². The Labute approximate surface area is 114 Å². The van der Waals surface area contributed by atoms with Crippen LogP contribution < -0.4 is 5.32 Å². The van der Waals surface area contributed by atoms with Gasteiger partial charge in [-0.15, -0.1) is 10.2 Å². The predicted molar refractivity (Wildman–Crippen MR) is 66.0 cm³/mol. The number of anilines is 1. The third kappa shape index (κ3) is 3.82. The number of nitrogens with zero attached hydrogens (tertiary/aromatic N) is 3. The maximum Gasteiger partial charge on any atom is 0.435 e. The zero-order chi connectivity index (χ0) is 14.6. The Morgan fingerprint density at radius 1 is 1.20 bits per heavy atom. The lowest BCUT2D eigenvalue weighted by Gasteiger charge is -2.26. The number of hydrogen-bond donors (Lipinski definition) is 1. The summed E-state index contributed by atoms with van der Waals surface area (Å²) >= 11 is 0. The molecule has 1 aliphatic rings. The molecule has 1 fully saturated rings. The van der Waals surface area contributed by atoms with Crippen LogP contribution in [-0.2, 0) is 11.0 Å². The quantitative estimate of drug-likeness (QED) is 0.923. The second kappa shape index (κ2) is 6.06. The second-order valence-electron chi connectivity index (χ2n) is 4.60. The van der Waals surface area contributed by atoms with Crippen molar-refractivity contribution in [2.45, 2.75) is 25.4 Å². The molecule has 0 spiro atoms. The van der Waals surface area contributed by atoms with E-state index in [4.69, 9.17) is 0 Å². The molecule has 1 saturated heterocycles. The molecule has 8 heteroatoms. The number of rotatable bonds is 3. The SMILES string of the molecule is O=C(CNc1ccc(C(F)(F)F)nn1)N1CCCCC1. The van der Waals surface area contributed by atoms with Gasteiger partial charge in [-0.05, 0) is 31.4 Å². The highest BCUT2D eigenvalue weighted by Gasteiger charge is 2.32. The Morgan fingerprint density at radius 2 is 1.90 bits per heavy atom. The largest absolute Gasteiger partial charge is 0.435 e. The molecular weight excluding hydrogens is 273 g/mol. The number of likely N-dealkylation sites (tertiary alicyclic amines) is 1. The average Bonchev–Trinajstić information content (AvgIpc) is 2.45. The molecule has 0 bridgehead atoms. The Morgan fingerprint density at radius 3 is 2.45 bits per heavy atom. The highest BCUT2D eigenvalue weighted by molar-refractivity contribution is 5.80. The molecule has 1 aromatic rings. The number of piperidine rings is 1. The molecule has 0 radical (unpaired) electrons. The molecular formula is C12H15F3N4O. The van der Waals surface area contributed by atoms with Gasteiger partial charge in [0.2, 0.25) is 5.91 Å². The molecule has 2 rings (SSSR count). The summed E-state index contributed by atoms with van der Waals surface area (Å²) in [6.45, 7) is 1.48. The van der Waals surface area contributed by atoms with Gasteiger partial charge in [0, 0.05) is 13.1 Å². The maximum absolute atomic E-state index is 12.3. The summed E-state index contributed by atoms with van der Waals surface area (Å²) in [7, 11) is 0. The summed E-state index contributed by atoms with van der Waals surface area (Å²) in [6, 6.07) is 2.00. The number of hydrogen-bond acceptors (Lipinski definition) is 4. The number of alkyl halides is 3. The van der Waals surface area contributed by atoms with E-state index in [1.807, 2.05) is 0 Å². The van der Waals surface area contributed by atoms with Crippen molar-refractivity contribution in [1.82, 2.24) is 15.1 Å². The van der Waals surface area contributed by atoms with Crippen molar-refractivity contribution in [2.75, 3.05) is 25.0 Å². The molecule has 0 aromatic carbocycles. The van der Waals surface area contributed by atoms with Gasteiger partial charge in [-0.1, -0.05) is 0 Å². The fourth-order valence-electron chi connectivity index (χ4n) is 2.00. The van der Waals surface area contributed by atoms with E-state index in [9.17, 15) is 18.0 Å². The minimum Gasteiger partial charge on any atom is -0.360 e. The predicted octanol–water partition coefficient (Wildman–Crippen LogP) is 1.92. The molecule has 0 unspecified atom stereocenters. The summed E-state index contributed by atoms with van der Waals surface area (Å²) in [4.78, 5) is 13.6. The van der Waals surface area contributed by atoms with Crippen molar-refractivity contribution in [3.8, 4) is 0 Å². The summed E-state index contributed by atoms with van der Waals surface area (Å²) in [6.07, 6.45) is -1.39. The summed E-state index contributed by atoms with van der Waals surface area (Å²) in [5.41, 5.74) is -1.05. The van der Waals surface area contributed by atoms with Crippen LogP contribution in [0, 0.1) is 0 Å². The Bertz CT molecular complexity index is 455. The third-order valence-corrected chi connectivity index (χ3v) is 3.08. The summed E-state index contributed by atoms with van der Waals surface area (Å²) in [5.74, 6) is 0.0785. The standard InChI is InChI=1S/C12H15F3N4O/c13-12(14,15)9-4-5-10(18-17-9)16-8-11(20)19-6-2-1-3-7-19/h4-5H,1-3,6-8H2,(H,16,18). The van der Waals surface area contributed by atoms with Crippen LogP contribution in [-0.4, -0.2) is 40.6 Å². The van der Waals surface area contributed by atoms with Crippen LogP contribution >= 0.6 is 0 Å². The zero-order valence-corrected chi connectivity index (χ0v) is 10.8. The van der Waals surface area contributed by atoms with Gasteiger partial charge in [0.1, 0.15) is 5.82 Å². The lowest BCUT2D eigenvalue weighted by molar-refractivity contribution is -0.141. The van der Waals surface area contributed by atoms with Crippen molar-refractivity contribution in [3.63, 3.8) is 0 Å². The number of carbonyl (C=O) groups is 1. The van der Waals surface area contributed by atoms with Crippen LogP contribution in [0.4, 0.5) is 19.0 Å². The van der Waals surface area contributed by atoms with Crippen LogP contribution in [0.5, 0.6) is 0 Å². The van der Waals surface area contributed by atoms with Gasteiger partial charge in [-0.3, -0.25) is 4.79 Å². The molecule has 2 heterocycles. The van der Waals surface area contributed by atoms with Crippen LogP contribution in [0.25, 0.3) is 0 Å². The first-order chi connectivity index (χ1) is 9.47. The molecule has 110 valence electrons. The van der Waals surface area contributed by atoms with E-state index in [0.29, 0.717) is 0 Å². The van der Waals surface area contributed by atoms with Crippen LogP contribution in [0.1, 0.15) is 25.0 Å². The number of aromatic nitrogens is 2. The van der Waals surface area contributed by atoms with E-state index >= 15 is 0 Å². The normalized spacial score (nSPS) is 16.1. The Kier molecular flexibility index (Phi) is 4.41. The van der Waals surface area contributed by atoms with Crippen LogP contribution in [0.3, 0.4) is 0 Å². The fourth-order valence-corrected chi connectivity index (χ4v) is 2.00. The van der Waals surface area contributed by atoms with Gasteiger partial charge in [-0.2, -0.15) is 13.2 Å². The van der Waals surface area contributed by atoms with E-state index in [1.54, 1.807) is 4.90 Å². The monoisotopic (exact) mass is 288 g/mol. The molecule has 20 heavy (non-hydrogen) atoms. The molecule has 1 amide bonds. The van der Waals surface area contributed by atoms with Gasteiger partial charge < -0.3 is 10.2 Å². The van der Waals surface area contributed by atoms with Crippen molar-refractivity contribution < 1.29 is 18.0 Å². The van der Waals surface area contributed by atoms with E-state index in [2.05, 4.69) is 15.5 Å². The van der Waals surface area contributed by atoms with Crippen LogP contribution in [0.2, 0.25) is 0 Å². The molecule has 1 aliphatic heterocycles. The fraction of sp³-hybridized carbons (Fsp3) is 0.583. The first kappa shape index (κ1) is 14.5. The molecule has 5 nitrogen and oxygen atoms in total. The van der Waals surface area contributed by atoms with Gasteiger partial charge in [0.05, 0.1) is 6.54 Å². The highest BCUT2D eigenvalue weighted by atomic mass is 19.4. The number of carbonyl (C=O) groups excluding carboxylic acids is 1. The van der Waals surface area contributed by atoms with Crippen molar-refractivity contribution in [1.29, 1.82) is 0 Å². The van der Waals surface area contributed by atoms with E-state index < -0.39 is 11.9 Å². The number of amides is 1. The van der Waals surface area contributed by atoms with Gasteiger partial charge in [0.15, 0.2) is 5.69 Å². The minimum absolute atomic E-state index is 0.0139.